The van der Waals surface area contributed by atoms with Gasteiger partial charge < -0.3 is 14.6 Å². The minimum absolute atomic E-state index is 0.0849. The van der Waals surface area contributed by atoms with Crippen molar-refractivity contribution in [1.82, 2.24) is 0 Å². The number of esters is 2. The van der Waals surface area contributed by atoms with Gasteiger partial charge >= 0.3 is 11.9 Å². The Balaban J connectivity index is 3.62. The van der Waals surface area contributed by atoms with Gasteiger partial charge in [-0.05, 0) is 122 Å². The standard InChI is InChI=1S/C67H106O5/c1-3-5-7-9-11-13-15-17-19-21-23-25-27-29-30-31-32-33-34-35-36-38-40-42-44-46-48-50-52-54-56-58-60-62-67(70)72-65(63-68)64-71-66(69)61-59-57-55-53-51-49-47-45-43-41-39-37-28-26-24-22-20-18-16-14-12-10-8-6-4-2/h5-8,11-14,17-20,23-26,29-30,32-33,35-36,40,42,46,48,65,68H,3-4,9-10,15-16,21-22,27-28,31,34,37-39,41,43-45,47,49-64H2,1-2H3/b7-5-,8-6-,13-11-,14-12-,19-17-,20-18-,25-23-,26-24-,30-29-,33-32-,36-35-,42-40-,48-46-. The number of carbonyl (C=O) groups excluding carboxylic acids is 2. The van der Waals surface area contributed by atoms with Crippen LogP contribution in [0.15, 0.2) is 158 Å². The summed E-state index contributed by atoms with van der Waals surface area (Å²) in [5.41, 5.74) is 0. The number of carbonyl (C=O) groups is 2. The van der Waals surface area contributed by atoms with Crippen molar-refractivity contribution in [3.63, 3.8) is 0 Å². The molecule has 1 atom stereocenters. The summed E-state index contributed by atoms with van der Waals surface area (Å²) in [6.45, 7) is 3.89. The molecule has 0 rings (SSSR count). The first-order valence-electron chi connectivity index (χ1n) is 29.0. The highest BCUT2D eigenvalue weighted by molar-refractivity contribution is 5.70. The van der Waals surface area contributed by atoms with Crippen molar-refractivity contribution < 1.29 is 24.2 Å². The fourth-order valence-corrected chi connectivity index (χ4v) is 7.54. The second-order valence-corrected chi connectivity index (χ2v) is 18.6. The quantitative estimate of drug-likeness (QED) is 0.0373. The molecule has 0 saturated carbocycles. The van der Waals surface area contributed by atoms with E-state index in [0.717, 1.165) is 141 Å². The summed E-state index contributed by atoms with van der Waals surface area (Å²) in [6.07, 6.45) is 93.5. The molecule has 0 aromatic rings. The molecule has 0 saturated heterocycles. The molecule has 0 spiro atoms. The highest BCUT2D eigenvalue weighted by atomic mass is 16.6. The first kappa shape index (κ1) is 67.5. The molecule has 0 bridgehead atoms. The van der Waals surface area contributed by atoms with Crippen molar-refractivity contribution in [2.45, 2.75) is 238 Å². The third-order valence-electron chi connectivity index (χ3n) is 11.8. The summed E-state index contributed by atoms with van der Waals surface area (Å²) < 4.78 is 10.7. The topological polar surface area (TPSA) is 72.8 Å². The van der Waals surface area contributed by atoms with Gasteiger partial charge in [-0.2, -0.15) is 0 Å². The normalized spacial score (nSPS) is 13.4. The van der Waals surface area contributed by atoms with E-state index in [4.69, 9.17) is 9.47 Å². The van der Waals surface area contributed by atoms with Crippen LogP contribution in [0.4, 0.5) is 0 Å². The summed E-state index contributed by atoms with van der Waals surface area (Å²) in [7, 11) is 0. The highest BCUT2D eigenvalue weighted by Crippen LogP contribution is 2.14. The number of aliphatic hydroxyl groups is 1. The van der Waals surface area contributed by atoms with E-state index in [9.17, 15) is 14.7 Å². The minimum atomic E-state index is -0.797. The van der Waals surface area contributed by atoms with E-state index in [0.29, 0.717) is 12.8 Å². The predicted octanol–water partition coefficient (Wildman–Crippen LogP) is 20.0. The fourth-order valence-electron chi connectivity index (χ4n) is 7.54. The Hall–Kier alpha value is -4.48. The first-order valence-corrected chi connectivity index (χ1v) is 29.0. The van der Waals surface area contributed by atoms with Crippen LogP contribution < -0.4 is 0 Å². The number of aliphatic hydroxyl groups excluding tert-OH is 1. The van der Waals surface area contributed by atoms with Gasteiger partial charge in [-0.15, -0.1) is 0 Å². The van der Waals surface area contributed by atoms with E-state index in [1.165, 1.54) is 64.2 Å². The largest absolute Gasteiger partial charge is 0.462 e. The van der Waals surface area contributed by atoms with E-state index >= 15 is 0 Å². The summed E-state index contributed by atoms with van der Waals surface area (Å²) in [6, 6.07) is 0. The zero-order valence-electron chi connectivity index (χ0n) is 46.1. The van der Waals surface area contributed by atoms with Gasteiger partial charge in [0.1, 0.15) is 6.61 Å². The second kappa shape index (κ2) is 60.8. The van der Waals surface area contributed by atoms with Gasteiger partial charge in [0.15, 0.2) is 6.10 Å². The Kier molecular flexibility index (Phi) is 57.0. The number of ether oxygens (including phenoxy) is 2. The molecule has 5 nitrogen and oxygen atoms in total. The minimum Gasteiger partial charge on any atom is -0.462 e. The fraction of sp³-hybridized carbons (Fsp3) is 0.582. The van der Waals surface area contributed by atoms with Crippen LogP contribution in [0.3, 0.4) is 0 Å². The van der Waals surface area contributed by atoms with E-state index in [2.05, 4.69) is 172 Å². The molecular weight excluding hydrogens is 885 g/mol. The van der Waals surface area contributed by atoms with Gasteiger partial charge in [-0.25, -0.2) is 0 Å². The molecule has 0 aromatic carbocycles. The van der Waals surface area contributed by atoms with Crippen LogP contribution in [0, 0.1) is 0 Å². The van der Waals surface area contributed by atoms with Gasteiger partial charge in [-0.3, -0.25) is 9.59 Å². The van der Waals surface area contributed by atoms with E-state index in [1.54, 1.807) is 0 Å². The van der Waals surface area contributed by atoms with Gasteiger partial charge in [-0.1, -0.05) is 255 Å². The Morgan fingerprint density at radius 1 is 0.319 bits per heavy atom. The lowest BCUT2D eigenvalue weighted by molar-refractivity contribution is -0.161. The van der Waals surface area contributed by atoms with Crippen LogP contribution in [-0.4, -0.2) is 36.4 Å². The van der Waals surface area contributed by atoms with E-state index in [1.807, 2.05) is 0 Å². The molecular formula is C67H106O5. The van der Waals surface area contributed by atoms with Crippen LogP contribution in [0.5, 0.6) is 0 Å². The summed E-state index contributed by atoms with van der Waals surface area (Å²) in [5, 5.41) is 9.66. The number of hydrogen-bond acceptors (Lipinski definition) is 5. The molecule has 0 fully saturated rings. The van der Waals surface area contributed by atoms with Crippen molar-refractivity contribution >= 4 is 11.9 Å². The Labute approximate surface area is 443 Å². The van der Waals surface area contributed by atoms with Crippen LogP contribution >= 0.6 is 0 Å². The zero-order valence-corrected chi connectivity index (χ0v) is 46.1. The van der Waals surface area contributed by atoms with Crippen molar-refractivity contribution in [1.29, 1.82) is 0 Å². The molecule has 0 aliphatic heterocycles. The summed E-state index contributed by atoms with van der Waals surface area (Å²) in [5.74, 6) is -0.624. The van der Waals surface area contributed by atoms with Crippen LogP contribution in [0.2, 0.25) is 0 Å². The van der Waals surface area contributed by atoms with Gasteiger partial charge in [0.2, 0.25) is 0 Å². The number of allylic oxidation sites excluding steroid dienone is 26. The number of unbranched alkanes of at least 4 members (excludes halogenated alkanes) is 17. The zero-order chi connectivity index (χ0) is 52.0. The second-order valence-electron chi connectivity index (χ2n) is 18.6. The molecule has 404 valence electrons. The Bertz CT molecular complexity index is 1590. The summed E-state index contributed by atoms with van der Waals surface area (Å²) >= 11 is 0. The average Bonchev–Trinajstić information content (AvgIpc) is 3.38. The van der Waals surface area contributed by atoms with Crippen molar-refractivity contribution in [3.05, 3.63) is 158 Å². The maximum atomic E-state index is 12.3. The predicted molar refractivity (Wildman–Crippen MR) is 315 cm³/mol. The third-order valence-corrected chi connectivity index (χ3v) is 11.8. The molecule has 0 aliphatic rings. The van der Waals surface area contributed by atoms with Crippen LogP contribution in [0.1, 0.15) is 232 Å². The van der Waals surface area contributed by atoms with E-state index < -0.39 is 6.10 Å². The molecule has 0 aliphatic carbocycles. The van der Waals surface area contributed by atoms with Crippen molar-refractivity contribution in [2.75, 3.05) is 13.2 Å². The first-order chi connectivity index (χ1) is 35.6. The van der Waals surface area contributed by atoms with E-state index in [-0.39, 0.29) is 25.2 Å². The molecule has 5 heteroatoms. The molecule has 0 radical (unpaired) electrons. The molecule has 72 heavy (non-hydrogen) atoms. The van der Waals surface area contributed by atoms with Crippen molar-refractivity contribution in [2.24, 2.45) is 0 Å². The molecule has 0 aromatic heterocycles. The smallest absolute Gasteiger partial charge is 0.306 e. The Morgan fingerprint density at radius 3 is 0.833 bits per heavy atom. The van der Waals surface area contributed by atoms with Gasteiger partial charge in [0.05, 0.1) is 6.61 Å². The highest BCUT2D eigenvalue weighted by Gasteiger charge is 2.16. The third kappa shape index (κ3) is 58.1. The summed E-state index contributed by atoms with van der Waals surface area (Å²) in [4.78, 5) is 24.5. The molecule has 1 N–H and O–H groups in total. The average molecular weight is 992 g/mol. The van der Waals surface area contributed by atoms with Crippen LogP contribution in [0.25, 0.3) is 0 Å². The maximum absolute atomic E-state index is 12.3. The monoisotopic (exact) mass is 991 g/mol. The lowest BCUT2D eigenvalue weighted by Gasteiger charge is -2.15. The SMILES string of the molecule is CC/C=C\C/C=C\C/C=C\C/C=C\C/C=C\C/C=C\C/C=C\C/C=C\C/C=C\CCCCCCCC(=O)OC(CO)COC(=O)CCCCCCCCCCCCCC/C=C\C/C=C\C/C=C\C/C=C\CC. The van der Waals surface area contributed by atoms with Gasteiger partial charge in [0, 0.05) is 12.8 Å². The maximum Gasteiger partial charge on any atom is 0.306 e. The Morgan fingerprint density at radius 2 is 0.556 bits per heavy atom. The molecule has 0 heterocycles. The molecule has 1 unspecified atom stereocenters. The lowest BCUT2D eigenvalue weighted by Crippen LogP contribution is -2.28. The molecule has 0 amide bonds. The lowest BCUT2D eigenvalue weighted by atomic mass is 10.0. The van der Waals surface area contributed by atoms with Gasteiger partial charge in [0.25, 0.3) is 0 Å². The number of hydrogen-bond donors (Lipinski definition) is 1. The van der Waals surface area contributed by atoms with Crippen molar-refractivity contribution in [3.8, 4) is 0 Å². The number of rotatable bonds is 51. The van der Waals surface area contributed by atoms with Crippen LogP contribution in [-0.2, 0) is 19.1 Å².